The number of aliphatic hydroxyl groups excluding tert-OH is 1. The molecule has 0 aliphatic rings. The van der Waals surface area contributed by atoms with Crippen molar-refractivity contribution in [2.45, 2.75) is 20.1 Å². The average Bonchev–Trinajstić information content (AvgIpc) is 2.47. The fraction of sp³-hybridized carbons (Fsp3) is 0.286. The lowest BCUT2D eigenvalue weighted by Gasteiger charge is -2.11. The van der Waals surface area contributed by atoms with Crippen molar-refractivity contribution in [1.82, 2.24) is 9.97 Å². The molecule has 0 fully saturated rings. The molecule has 0 bridgehead atoms. The summed E-state index contributed by atoms with van der Waals surface area (Å²) in [5, 5.41) is 13.0. The number of hydrogen-bond acceptors (Lipinski definition) is 5. The number of halogens is 1. The molecule has 0 atom stereocenters. The summed E-state index contributed by atoms with van der Waals surface area (Å²) in [6.45, 7) is 2.42. The first-order valence-electron chi connectivity index (χ1n) is 6.13. The Morgan fingerprint density at radius 3 is 2.85 bits per heavy atom. The first-order chi connectivity index (χ1) is 9.63. The van der Waals surface area contributed by atoms with E-state index in [2.05, 4.69) is 15.3 Å². The van der Waals surface area contributed by atoms with Crippen molar-refractivity contribution in [3.63, 3.8) is 0 Å². The molecule has 0 saturated heterocycles. The van der Waals surface area contributed by atoms with Crippen molar-refractivity contribution in [2.75, 3.05) is 12.4 Å². The van der Waals surface area contributed by atoms with Crippen molar-refractivity contribution in [3.05, 3.63) is 46.2 Å². The maximum Gasteiger partial charge on any atom is 0.316 e. The van der Waals surface area contributed by atoms with E-state index in [4.69, 9.17) is 21.4 Å². The van der Waals surface area contributed by atoms with E-state index in [1.54, 1.807) is 18.3 Å². The minimum atomic E-state index is -0.0173. The minimum Gasteiger partial charge on any atom is -0.467 e. The van der Waals surface area contributed by atoms with Gasteiger partial charge in [-0.3, -0.25) is 0 Å². The van der Waals surface area contributed by atoms with Crippen LogP contribution in [0.3, 0.4) is 0 Å². The molecule has 0 amide bonds. The van der Waals surface area contributed by atoms with Gasteiger partial charge in [0, 0.05) is 24.0 Å². The van der Waals surface area contributed by atoms with Crippen molar-refractivity contribution in [1.29, 1.82) is 0 Å². The van der Waals surface area contributed by atoms with Crippen LogP contribution < -0.4 is 10.1 Å². The molecule has 0 aliphatic carbocycles. The molecule has 5 nitrogen and oxygen atoms in total. The third kappa shape index (κ3) is 3.37. The van der Waals surface area contributed by atoms with E-state index in [0.717, 1.165) is 22.5 Å². The fourth-order valence-corrected chi connectivity index (χ4v) is 1.92. The van der Waals surface area contributed by atoms with E-state index in [9.17, 15) is 0 Å². The van der Waals surface area contributed by atoms with Gasteiger partial charge in [-0.2, -0.15) is 0 Å². The van der Waals surface area contributed by atoms with Crippen LogP contribution in [0.1, 0.15) is 16.8 Å². The second-order valence-electron chi connectivity index (χ2n) is 4.29. The van der Waals surface area contributed by atoms with Crippen molar-refractivity contribution in [3.8, 4) is 6.01 Å². The number of hydrogen-bond donors (Lipinski definition) is 2. The Balaban J connectivity index is 2.12. The Kier molecular flexibility index (Phi) is 4.76. The van der Waals surface area contributed by atoms with Gasteiger partial charge in [-0.05, 0) is 24.6 Å². The molecule has 106 valence electrons. The maximum absolute atomic E-state index is 9.14. The molecule has 2 rings (SSSR count). The Morgan fingerprint density at radius 2 is 2.20 bits per heavy atom. The van der Waals surface area contributed by atoms with Crippen molar-refractivity contribution in [2.24, 2.45) is 0 Å². The second-order valence-corrected chi connectivity index (χ2v) is 4.70. The Bertz CT molecular complexity index is 605. The Labute approximate surface area is 122 Å². The van der Waals surface area contributed by atoms with Crippen LogP contribution in [0.4, 0.5) is 5.69 Å². The quantitative estimate of drug-likeness (QED) is 0.887. The molecular formula is C14H16ClN3O2. The van der Waals surface area contributed by atoms with Gasteiger partial charge < -0.3 is 15.2 Å². The monoisotopic (exact) mass is 293 g/mol. The number of benzene rings is 1. The Morgan fingerprint density at radius 1 is 1.40 bits per heavy atom. The lowest BCUT2D eigenvalue weighted by Crippen LogP contribution is -2.05. The van der Waals surface area contributed by atoms with Gasteiger partial charge in [0.2, 0.25) is 0 Å². The number of methoxy groups -OCH3 is 1. The van der Waals surface area contributed by atoms with Gasteiger partial charge in [-0.25, -0.2) is 9.97 Å². The van der Waals surface area contributed by atoms with Gasteiger partial charge >= 0.3 is 6.01 Å². The zero-order valence-corrected chi connectivity index (χ0v) is 12.1. The highest BCUT2D eigenvalue weighted by molar-refractivity contribution is 6.33. The number of nitrogens with zero attached hydrogens (tertiary/aromatic N) is 2. The van der Waals surface area contributed by atoms with Crippen molar-refractivity contribution < 1.29 is 9.84 Å². The zero-order chi connectivity index (χ0) is 14.5. The Hall–Kier alpha value is -1.85. The van der Waals surface area contributed by atoms with Crippen LogP contribution in [0.5, 0.6) is 6.01 Å². The first-order valence-corrected chi connectivity index (χ1v) is 6.51. The predicted octanol–water partition coefficient (Wildman–Crippen LogP) is 2.55. The molecule has 0 unspecified atom stereocenters. The van der Waals surface area contributed by atoms with Crippen LogP contribution in [0.2, 0.25) is 5.02 Å². The molecule has 0 aliphatic heterocycles. The molecule has 1 aromatic heterocycles. The first kappa shape index (κ1) is 14.6. The van der Waals surface area contributed by atoms with E-state index in [1.165, 1.54) is 7.11 Å². The van der Waals surface area contributed by atoms with E-state index in [1.807, 2.05) is 13.0 Å². The van der Waals surface area contributed by atoms with Crippen LogP contribution in [0, 0.1) is 6.92 Å². The van der Waals surface area contributed by atoms with Crippen LogP contribution in [-0.2, 0) is 13.2 Å². The average molecular weight is 294 g/mol. The molecule has 2 aromatic rings. The zero-order valence-electron chi connectivity index (χ0n) is 11.4. The number of aryl methyl sites for hydroxylation is 1. The molecule has 20 heavy (non-hydrogen) atoms. The standard InChI is InChI=1S/C14H16ClN3O2/c1-9-11(7-17-14(18-9)20-2)6-16-13-5-10(8-19)3-4-12(13)15/h3-5,7,16,19H,6,8H2,1-2H3. The number of aromatic nitrogens is 2. The lowest BCUT2D eigenvalue weighted by atomic mass is 10.2. The topological polar surface area (TPSA) is 67.3 Å². The highest BCUT2D eigenvalue weighted by atomic mass is 35.5. The second kappa shape index (κ2) is 6.54. The summed E-state index contributed by atoms with van der Waals surface area (Å²) in [6, 6.07) is 5.72. The predicted molar refractivity (Wildman–Crippen MR) is 78.0 cm³/mol. The molecule has 0 spiro atoms. The number of rotatable bonds is 5. The highest BCUT2D eigenvalue weighted by Gasteiger charge is 2.06. The van der Waals surface area contributed by atoms with Gasteiger partial charge in [-0.15, -0.1) is 0 Å². The van der Waals surface area contributed by atoms with Crippen LogP contribution in [0.25, 0.3) is 0 Å². The minimum absolute atomic E-state index is 0.0173. The summed E-state index contributed by atoms with van der Waals surface area (Å²) in [7, 11) is 1.53. The lowest BCUT2D eigenvalue weighted by molar-refractivity contribution is 0.282. The fourth-order valence-electron chi connectivity index (χ4n) is 1.74. The SMILES string of the molecule is COc1ncc(CNc2cc(CO)ccc2Cl)c(C)n1. The van der Waals surface area contributed by atoms with E-state index in [0.29, 0.717) is 17.6 Å². The summed E-state index contributed by atoms with van der Waals surface area (Å²) in [4.78, 5) is 8.29. The number of nitrogens with one attached hydrogen (secondary N) is 1. The van der Waals surface area contributed by atoms with Gasteiger partial charge in [0.15, 0.2) is 0 Å². The van der Waals surface area contributed by atoms with E-state index >= 15 is 0 Å². The summed E-state index contributed by atoms with van der Waals surface area (Å²) in [5.41, 5.74) is 3.38. The molecular weight excluding hydrogens is 278 g/mol. The highest BCUT2D eigenvalue weighted by Crippen LogP contribution is 2.24. The smallest absolute Gasteiger partial charge is 0.316 e. The molecule has 0 saturated carbocycles. The van der Waals surface area contributed by atoms with Gasteiger partial charge in [0.1, 0.15) is 0 Å². The van der Waals surface area contributed by atoms with E-state index < -0.39 is 0 Å². The molecule has 1 aromatic carbocycles. The van der Waals surface area contributed by atoms with Crippen LogP contribution in [-0.4, -0.2) is 22.2 Å². The normalized spacial score (nSPS) is 10.4. The number of anilines is 1. The van der Waals surface area contributed by atoms with E-state index in [-0.39, 0.29) is 6.61 Å². The third-order valence-corrected chi connectivity index (χ3v) is 3.25. The number of ether oxygens (including phenoxy) is 1. The summed E-state index contributed by atoms with van der Waals surface area (Å²) >= 11 is 6.11. The molecule has 6 heteroatoms. The van der Waals surface area contributed by atoms with Gasteiger partial charge in [-0.1, -0.05) is 17.7 Å². The molecule has 0 radical (unpaired) electrons. The summed E-state index contributed by atoms with van der Waals surface area (Å²) < 4.78 is 4.97. The molecule has 1 heterocycles. The van der Waals surface area contributed by atoms with Crippen molar-refractivity contribution >= 4 is 17.3 Å². The maximum atomic E-state index is 9.14. The van der Waals surface area contributed by atoms with Crippen LogP contribution in [0.15, 0.2) is 24.4 Å². The van der Waals surface area contributed by atoms with Gasteiger partial charge in [0.25, 0.3) is 0 Å². The summed E-state index contributed by atoms with van der Waals surface area (Å²) in [5.74, 6) is 0. The van der Waals surface area contributed by atoms with Gasteiger partial charge in [0.05, 0.1) is 24.4 Å². The summed E-state index contributed by atoms with van der Waals surface area (Å²) in [6.07, 6.45) is 1.72. The largest absolute Gasteiger partial charge is 0.467 e. The number of aliphatic hydroxyl groups is 1. The molecule has 2 N–H and O–H groups in total. The third-order valence-electron chi connectivity index (χ3n) is 2.92. The van der Waals surface area contributed by atoms with Crippen LogP contribution >= 0.6 is 11.6 Å².